The number of amides is 2. The van der Waals surface area contributed by atoms with Crippen LogP contribution in [-0.4, -0.2) is 37.3 Å². The first-order chi connectivity index (χ1) is 11.9. The second kappa shape index (κ2) is 10.6. The predicted octanol–water partition coefficient (Wildman–Crippen LogP) is 2.50. The molecule has 0 aromatic heterocycles. The summed E-state index contributed by atoms with van der Waals surface area (Å²) in [5.74, 6) is -0.621. The summed E-state index contributed by atoms with van der Waals surface area (Å²) in [6, 6.07) is 3.24. The third-order valence-corrected chi connectivity index (χ3v) is 3.48. The Morgan fingerprint density at radius 3 is 2.48 bits per heavy atom. The standard InChI is InChI=1S/C17H24ClN3O4/c1-5-11(4)20-16(22)17(23)21-19-10-12-8-13(18)15(25-7-3)14(9-12)24-6-2/h8-11H,5-7H2,1-4H3,(H,20,22)(H,21,23)/b19-10-/t11-/m0/s1. The number of ether oxygens (including phenoxy) is 2. The molecule has 0 radical (unpaired) electrons. The van der Waals surface area contributed by atoms with E-state index in [0.29, 0.717) is 35.3 Å². The molecular formula is C17H24ClN3O4. The third-order valence-electron chi connectivity index (χ3n) is 3.20. The van der Waals surface area contributed by atoms with Crippen molar-refractivity contribution in [3.05, 3.63) is 22.7 Å². The Morgan fingerprint density at radius 1 is 1.20 bits per heavy atom. The van der Waals surface area contributed by atoms with Crippen LogP contribution < -0.4 is 20.2 Å². The van der Waals surface area contributed by atoms with Crippen molar-refractivity contribution < 1.29 is 19.1 Å². The van der Waals surface area contributed by atoms with E-state index in [9.17, 15) is 9.59 Å². The molecule has 1 aromatic rings. The molecule has 25 heavy (non-hydrogen) atoms. The van der Waals surface area contributed by atoms with Gasteiger partial charge in [0, 0.05) is 6.04 Å². The van der Waals surface area contributed by atoms with Crippen LogP contribution in [0.25, 0.3) is 0 Å². The van der Waals surface area contributed by atoms with Crippen molar-refractivity contribution in [2.24, 2.45) is 5.10 Å². The molecule has 8 heteroatoms. The normalized spacial score (nSPS) is 11.9. The molecule has 1 atom stereocenters. The molecule has 0 saturated heterocycles. The van der Waals surface area contributed by atoms with E-state index >= 15 is 0 Å². The van der Waals surface area contributed by atoms with E-state index in [4.69, 9.17) is 21.1 Å². The molecular weight excluding hydrogens is 346 g/mol. The van der Waals surface area contributed by atoms with Gasteiger partial charge in [-0.2, -0.15) is 5.10 Å². The lowest BCUT2D eigenvalue weighted by molar-refractivity contribution is -0.139. The monoisotopic (exact) mass is 369 g/mol. The summed E-state index contributed by atoms with van der Waals surface area (Å²) in [6.07, 6.45) is 2.10. The molecule has 2 N–H and O–H groups in total. The van der Waals surface area contributed by atoms with Gasteiger partial charge >= 0.3 is 11.8 Å². The van der Waals surface area contributed by atoms with E-state index in [0.717, 1.165) is 6.42 Å². The van der Waals surface area contributed by atoms with E-state index in [2.05, 4.69) is 15.8 Å². The highest BCUT2D eigenvalue weighted by atomic mass is 35.5. The Balaban J connectivity index is 2.80. The van der Waals surface area contributed by atoms with Crippen LogP contribution in [0.4, 0.5) is 0 Å². The summed E-state index contributed by atoms with van der Waals surface area (Å²) < 4.78 is 11.0. The van der Waals surface area contributed by atoms with Gasteiger partial charge in [0.05, 0.1) is 24.5 Å². The Hall–Kier alpha value is -2.28. The van der Waals surface area contributed by atoms with E-state index in [1.165, 1.54) is 6.21 Å². The highest BCUT2D eigenvalue weighted by molar-refractivity contribution is 6.35. The number of hydrogen-bond donors (Lipinski definition) is 2. The molecule has 1 rings (SSSR count). The van der Waals surface area contributed by atoms with Crippen molar-refractivity contribution >= 4 is 29.6 Å². The van der Waals surface area contributed by atoms with Gasteiger partial charge in [-0.05, 0) is 44.9 Å². The van der Waals surface area contributed by atoms with Crippen LogP contribution in [-0.2, 0) is 9.59 Å². The summed E-state index contributed by atoms with van der Waals surface area (Å²) in [4.78, 5) is 23.3. The molecule has 7 nitrogen and oxygen atoms in total. The highest BCUT2D eigenvalue weighted by Gasteiger charge is 2.15. The van der Waals surface area contributed by atoms with Crippen molar-refractivity contribution in [1.29, 1.82) is 0 Å². The molecule has 138 valence electrons. The van der Waals surface area contributed by atoms with Gasteiger partial charge in [0.25, 0.3) is 0 Å². The fourth-order valence-corrected chi connectivity index (χ4v) is 2.09. The second-order valence-electron chi connectivity index (χ2n) is 5.18. The number of rotatable bonds is 8. The maximum Gasteiger partial charge on any atom is 0.329 e. The van der Waals surface area contributed by atoms with E-state index < -0.39 is 11.8 Å². The lowest BCUT2D eigenvalue weighted by Gasteiger charge is -2.13. The molecule has 0 aliphatic heterocycles. The number of halogens is 1. The van der Waals surface area contributed by atoms with Crippen LogP contribution in [0.15, 0.2) is 17.2 Å². The molecule has 2 amide bonds. The number of hydrogen-bond acceptors (Lipinski definition) is 5. The van der Waals surface area contributed by atoms with Crippen molar-refractivity contribution in [2.75, 3.05) is 13.2 Å². The summed E-state index contributed by atoms with van der Waals surface area (Å²) in [6.45, 7) is 8.32. The third kappa shape index (κ3) is 6.62. The van der Waals surface area contributed by atoms with Gasteiger partial charge in [0.1, 0.15) is 0 Å². The van der Waals surface area contributed by atoms with Crippen molar-refractivity contribution in [2.45, 2.75) is 40.2 Å². The largest absolute Gasteiger partial charge is 0.490 e. The van der Waals surface area contributed by atoms with Crippen molar-refractivity contribution in [3.8, 4) is 11.5 Å². The fraction of sp³-hybridized carbons (Fsp3) is 0.471. The Kier molecular flexibility index (Phi) is 8.77. The molecule has 0 fully saturated rings. The molecule has 0 saturated carbocycles. The number of carbonyl (C=O) groups excluding carboxylic acids is 2. The fourth-order valence-electron chi connectivity index (χ4n) is 1.82. The predicted molar refractivity (Wildman–Crippen MR) is 97.4 cm³/mol. The Labute approximate surface area is 152 Å². The van der Waals surface area contributed by atoms with Gasteiger partial charge in [0.15, 0.2) is 11.5 Å². The van der Waals surface area contributed by atoms with E-state index in [1.807, 2.05) is 27.7 Å². The number of nitrogens with one attached hydrogen (secondary N) is 2. The lowest BCUT2D eigenvalue weighted by Crippen LogP contribution is -2.41. The summed E-state index contributed by atoms with van der Waals surface area (Å²) in [5, 5.41) is 6.70. The maximum atomic E-state index is 11.7. The minimum atomic E-state index is -0.835. The van der Waals surface area contributed by atoms with Gasteiger partial charge in [0.2, 0.25) is 0 Å². The smallest absolute Gasteiger partial charge is 0.329 e. The van der Waals surface area contributed by atoms with Crippen LogP contribution in [0.3, 0.4) is 0 Å². The molecule has 0 aliphatic rings. The maximum absolute atomic E-state index is 11.7. The first kappa shape index (κ1) is 20.8. The minimum absolute atomic E-state index is 0.0825. The lowest BCUT2D eigenvalue weighted by atomic mass is 10.2. The van der Waals surface area contributed by atoms with Crippen molar-refractivity contribution in [1.82, 2.24) is 10.7 Å². The molecule has 0 heterocycles. The summed E-state index contributed by atoms with van der Waals surface area (Å²) >= 11 is 6.20. The zero-order valence-corrected chi connectivity index (χ0v) is 15.6. The first-order valence-corrected chi connectivity index (χ1v) is 8.53. The summed E-state index contributed by atoms with van der Waals surface area (Å²) in [7, 11) is 0. The molecule has 0 aliphatic carbocycles. The topological polar surface area (TPSA) is 89.0 Å². The molecule has 1 aromatic carbocycles. The van der Waals surface area contributed by atoms with E-state index in [1.54, 1.807) is 12.1 Å². The van der Waals surface area contributed by atoms with Gasteiger partial charge in [-0.3, -0.25) is 9.59 Å². The van der Waals surface area contributed by atoms with E-state index in [-0.39, 0.29) is 6.04 Å². The number of nitrogens with zero attached hydrogens (tertiary/aromatic N) is 1. The summed E-state index contributed by atoms with van der Waals surface area (Å²) in [5.41, 5.74) is 2.77. The second-order valence-corrected chi connectivity index (χ2v) is 5.59. The van der Waals surface area contributed by atoms with Crippen molar-refractivity contribution in [3.63, 3.8) is 0 Å². The number of hydrazone groups is 1. The van der Waals surface area contributed by atoms with Gasteiger partial charge < -0.3 is 14.8 Å². The average Bonchev–Trinajstić information content (AvgIpc) is 2.57. The Morgan fingerprint density at radius 2 is 1.88 bits per heavy atom. The van der Waals surface area contributed by atoms with Gasteiger partial charge in [-0.1, -0.05) is 18.5 Å². The number of carbonyl (C=O) groups is 2. The molecule has 0 spiro atoms. The van der Waals surface area contributed by atoms with Crippen LogP contribution in [0, 0.1) is 0 Å². The average molecular weight is 370 g/mol. The highest BCUT2D eigenvalue weighted by Crippen LogP contribution is 2.36. The van der Waals surface area contributed by atoms with Crippen LogP contribution >= 0.6 is 11.6 Å². The number of benzene rings is 1. The van der Waals surface area contributed by atoms with Gasteiger partial charge in [-0.25, -0.2) is 5.43 Å². The van der Waals surface area contributed by atoms with Crippen LogP contribution in [0.5, 0.6) is 11.5 Å². The first-order valence-electron chi connectivity index (χ1n) is 8.15. The quantitative estimate of drug-likeness (QED) is 0.418. The minimum Gasteiger partial charge on any atom is -0.490 e. The van der Waals surface area contributed by atoms with Crippen LogP contribution in [0.2, 0.25) is 5.02 Å². The molecule has 0 bridgehead atoms. The Bertz CT molecular complexity index is 635. The zero-order valence-electron chi connectivity index (χ0n) is 14.9. The zero-order chi connectivity index (χ0) is 18.8. The van der Waals surface area contributed by atoms with Crippen LogP contribution in [0.1, 0.15) is 39.7 Å². The molecule has 0 unspecified atom stereocenters. The van der Waals surface area contributed by atoms with Gasteiger partial charge in [-0.15, -0.1) is 0 Å². The SMILES string of the molecule is CCOc1cc(/C=N\NC(=O)C(=O)N[C@@H](C)CC)cc(Cl)c1OCC.